The highest BCUT2D eigenvalue weighted by Crippen LogP contribution is 2.40. The lowest BCUT2D eigenvalue weighted by atomic mass is 9.90. The SMILES string of the molecule is C=CC(=O)Nc1cc(Nc2nc(-c3ccnc(N4CCCn5c(cc6c5CC(C)(C)C6)C4=O)c3CO)cn(C)c2=O)cc(F)c1N1CCN(C2COC2)CC1C. The van der Waals surface area contributed by atoms with E-state index in [0.717, 1.165) is 18.9 Å². The van der Waals surface area contributed by atoms with Gasteiger partial charge in [-0.25, -0.2) is 14.4 Å². The van der Waals surface area contributed by atoms with E-state index >= 15 is 4.39 Å². The molecule has 3 aromatic heterocycles. The van der Waals surface area contributed by atoms with Crippen LogP contribution in [-0.4, -0.2) is 92.4 Å². The van der Waals surface area contributed by atoms with E-state index in [9.17, 15) is 19.5 Å². The predicted octanol–water partition coefficient (Wildman–Crippen LogP) is 4.23. The highest BCUT2D eigenvalue weighted by molar-refractivity contribution is 6.06. The molecule has 1 aromatic carbocycles. The average molecular weight is 766 g/mol. The smallest absolute Gasteiger partial charge is 0.293 e. The Labute approximate surface area is 324 Å². The molecule has 0 radical (unpaired) electrons. The topological polar surface area (TPSA) is 150 Å². The molecule has 1 unspecified atom stereocenters. The molecule has 15 heteroatoms. The first-order chi connectivity index (χ1) is 26.8. The number of amides is 2. The first kappa shape index (κ1) is 37.5. The van der Waals surface area contributed by atoms with E-state index in [4.69, 9.17) is 4.74 Å². The third-order valence-corrected chi connectivity index (χ3v) is 11.5. The van der Waals surface area contributed by atoms with Gasteiger partial charge < -0.3 is 34.5 Å². The van der Waals surface area contributed by atoms with Crippen LogP contribution in [0.5, 0.6) is 0 Å². The normalized spacial score (nSPS) is 19.6. The van der Waals surface area contributed by atoms with Crippen LogP contribution in [0.15, 0.2) is 54.1 Å². The van der Waals surface area contributed by atoms with Crippen molar-refractivity contribution in [3.05, 3.63) is 88.0 Å². The minimum Gasteiger partial charge on any atom is -0.392 e. The molecule has 4 aromatic rings. The summed E-state index contributed by atoms with van der Waals surface area (Å²) in [6.45, 7) is 14.1. The lowest BCUT2D eigenvalue weighted by Crippen LogP contribution is -2.59. The Kier molecular flexibility index (Phi) is 9.79. The van der Waals surface area contributed by atoms with Crippen LogP contribution in [0, 0.1) is 11.2 Å². The Bertz CT molecular complexity index is 2300. The number of aromatic nitrogens is 4. The number of halogens is 1. The van der Waals surface area contributed by atoms with Gasteiger partial charge in [0, 0.05) is 80.7 Å². The summed E-state index contributed by atoms with van der Waals surface area (Å²) in [6, 6.07) is 6.85. The van der Waals surface area contributed by atoms with Crippen molar-refractivity contribution in [1.82, 2.24) is 24.0 Å². The maximum atomic E-state index is 16.3. The summed E-state index contributed by atoms with van der Waals surface area (Å²) < 4.78 is 25.1. The zero-order chi connectivity index (χ0) is 39.5. The van der Waals surface area contributed by atoms with Crippen LogP contribution in [-0.2, 0) is 42.6 Å². The summed E-state index contributed by atoms with van der Waals surface area (Å²) in [6.07, 6.45) is 6.75. The van der Waals surface area contributed by atoms with Crippen LogP contribution in [0.3, 0.4) is 0 Å². The van der Waals surface area contributed by atoms with E-state index < -0.39 is 23.9 Å². The number of hydrogen-bond acceptors (Lipinski definition) is 10. The molecule has 1 aliphatic carbocycles. The number of piperazine rings is 1. The van der Waals surface area contributed by atoms with E-state index in [2.05, 4.69) is 50.5 Å². The number of carbonyl (C=O) groups excluding carboxylic acids is 2. The minimum atomic E-state index is -0.585. The predicted molar refractivity (Wildman–Crippen MR) is 212 cm³/mol. The van der Waals surface area contributed by atoms with Crippen molar-refractivity contribution >= 4 is 40.5 Å². The van der Waals surface area contributed by atoms with Crippen molar-refractivity contribution in [2.24, 2.45) is 12.5 Å². The zero-order valence-electron chi connectivity index (χ0n) is 32.3. The molecule has 8 rings (SSSR count). The lowest BCUT2D eigenvalue weighted by Gasteiger charge is -2.46. The molecule has 0 spiro atoms. The summed E-state index contributed by atoms with van der Waals surface area (Å²) in [5, 5.41) is 16.6. The second-order valence-corrected chi connectivity index (χ2v) is 16.1. The number of aliphatic hydroxyl groups is 1. The molecule has 1 atom stereocenters. The van der Waals surface area contributed by atoms with Crippen LogP contribution in [0.4, 0.5) is 33.1 Å². The molecular weight excluding hydrogens is 718 g/mol. The number of nitrogens with zero attached hydrogens (tertiary/aromatic N) is 7. The van der Waals surface area contributed by atoms with Gasteiger partial charge in [0.25, 0.3) is 11.5 Å². The Hall–Kier alpha value is -5.38. The molecule has 4 aliphatic rings. The van der Waals surface area contributed by atoms with Gasteiger partial charge in [0.1, 0.15) is 11.5 Å². The Balaban J connectivity index is 1.11. The number of ether oxygens (including phenoxy) is 1. The Morgan fingerprint density at radius 3 is 2.66 bits per heavy atom. The molecular formula is C41H48FN9O5. The average Bonchev–Trinajstić information content (AvgIpc) is 3.56. The number of carbonyl (C=O) groups is 2. The molecule has 294 valence electrons. The maximum Gasteiger partial charge on any atom is 0.293 e. The van der Waals surface area contributed by atoms with E-state index in [1.54, 1.807) is 36.5 Å². The van der Waals surface area contributed by atoms with Crippen LogP contribution >= 0.6 is 0 Å². The van der Waals surface area contributed by atoms with Gasteiger partial charge in [0.05, 0.1) is 42.9 Å². The Morgan fingerprint density at radius 2 is 1.95 bits per heavy atom. The molecule has 3 aliphatic heterocycles. The number of pyridine rings is 1. The summed E-state index contributed by atoms with van der Waals surface area (Å²) >= 11 is 0. The molecule has 3 N–H and O–H groups in total. The van der Waals surface area contributed by atoms with E-state index in [-0.39, 0.29) is 40.2 Å². The molecule has 2 fully saturated rings. The largest absolute Gasteiger partial charge is 0.392 e. The highest BCUT2D eigenvalue weighted by atomic mass is 19.1. The molecule has 2 saturated heterocycles. The molecule has 56 heavy (non-hydrogen) atoms. The molecule has 0 bridgehead atoms. The lowest BCUT2D eigenvalue weighted by molar-refractivity contribution is -0.111. The third kappa shape index (κ3) is 6.77. The fraction of sp³-hybridized carbons (Fsp3) is 0.439. The van der Waals surface area contributed by atoms with E-state index in [1.165, 1.54) is 21.9 Å². The second kappa shape index (κ2) is 14.6. The second-order valence-electron chi connectivity index (χ2n) is 16.1. The van der Waals surface area contributed by atoms with Crippen molar-refractivity contribution in [3.8, 4) is 11.3 Å². The maximum absolute atomic E-state index is 16.3. The van der Waals surface area contributed by atoms with Crippen LogP contribution < -0.4 is 26.0 Å². The minimum absolute atomic E-state index is 0.0584. The quantitative estimate of drug-likeness (QED) is 0.212. The van der Waals surface area contributed by atoms with Gasteiger partial charge in [-0.1, -0.05) is 20.4 Å². The fourth-order valence-electron chi connectivity index (χ4n) is 8.69. The van der Waals surface area contributed by atoms with Crippen molar-refractivity contribution in [2.45, 2.75) is 65.3 Å². The van der Waals surface area contributed by atoms with Crippen molar-refractivity contribution < 1.29 is 23.8 Å². The summed E-state index contributed by atoms with van der Waals surface area (Å²) in [5.74, 6) is -1.05. The first-order valence-electron chi connectivity index (χ1n) is 19.2. The van der Waals surface area contributed by atoms with Gasteiger partial charge >= 0.3 is 0 Å². The first-order valence-corrected chi connectivity index (χ1v) is 19.2. The summed E-state index contributed by atoms with van der Waals surface area (Å²) in [5.41, 5.74) is 4.56. The monoisotopic (exact) mass is 765 g/mol. The number of hydrogen-bond donors (Lipinski definition) is 3. The standard InChI is InChI=1S/C41H48FN9O5/c1-6-35(53)45-31-16-26(15-30(42)36(31)49-13-12-48(19-24(49)2)27-22-56-23-27)44-37-40(55)47(5)20-32(46-37)28-8-9-43-38(29(28)21-52)51-11-7-10-50-33(39(51)54)14-25-17-41(3,4)18-34(25)50/h6,8-9,14-16,20,24,27,52H,1,7,10-13,17-19,21-23H2,2-5H3,(H,44,46)(H,45,53). The van der Waals surface area contributed by atoms with E-state index in [1.807, 2.05) is 17.9 Å². The van der Waals surface area contributed by atoms with Crippen molar-refractivity contribution in [1.29, 1.82) is 0 Å². The number of aryl methyl sites for hydroxylation is 1. The zero-order valence-corrected chi connectivity index (χ0v) is 32.3. The van der Waals surface area contributed by atoms with E-state index in [0.29, 0.717) is 86.7 Å². The molecule has 6 heterocycles. The van der Waals surface area contributed by atoms with Gasteiger partial charge in [0.15, 0.2) is 11.6 Å². The van der Waals surface area contributed by atoms with Crippen LogP contribution in [0.2, 0.25) is 0 Å². The third-order valence-electron chi connectivity index (χ3n) is 11.5. The molecule has 0 saturated carbocycles. The number of fused-ring (bicyclic) bond motifs is 3. The number of aliphatic hydroxyl groups excluding tert-OH is 1. The number of benzene rings is 1. The van der Waals surface area contributed by atoms with Gasteiger partial charge in [-0.2, -0.15) is 0 Å². The van der Waals surface area contributed by atoms with Gasteiger partial charge in [0.2, 0.25) is 5.91 Å². The van der Waals surface area contributed by atoms with Gasteiger partial charge in [-0.05, 0) is 67.5 Å². The molecule has 14 nitrogen and oxygen atoms in total. The number of nitrogens with one attached hydrogen (secondary N) is 2. The number of rotatable bonds is 9. The van der Waals surface area contributed by atoms with Crippen LogP contribution in [0.25, 0.3) is 11.3 Å². The van der Waals surface area contributed by atoms with Gasteiger partial charge in [-0.3, -0.25) is 24.2 Å². The Morgan fingerprint density at radius 1 is 1.14 bits per heavy atom. The molecule has 2 amide bonds. The number of anilines is 5. The fourth-order valence-corrected chi connectivity index (χ4v) is 8.69. The summed E-state index contributed by atoms with van der Waals surface area (Å²) in [4.78, 5) is 55.4. The van der Waals surface area contributed by atoms with Crippen LogP contribution in [0.1, 0.15) is 54.5 Å². The van der Waals surface area contributed by atoms with Crippen molar-refractivity contribution in [2.75, 3.05) is 59.8 Å². The van der Waals surface area contributed by atoms with Crippen molar-refractivity contribution in [3.63, 3.8) is 0 Å². The van der Waals surface area contributed by atoms with Gasteiger partial charge in [-0.15, -0.1) is 0 Å². The highest BCUT2D eigenvalue weighted by Gasteiger charge is 2.37. The summed E-state index contributed by atoms with van der Waals surface area (Å²) in [7, 11) is 1.57.